The lowest BCUT2D eigenvalue weighted by Gasteiger charge is -2.36. The second-order valence-corrected chi connectivity index (χ2v) is 10.2. The molecule has 2 amide bonds. The number of rotatable bonds is 6. The van der Waals surface area contributed by atoms with Crippen LogP contribution in [0.3, 0.4) is 0 Å². The van der Waals surface area contributed by atoms with Crippen molar-refractivity contribution in [2.24, 2.45) is 0 Å². The molecule has 0 unspecified atom stereocenters. The zero-order valence-corrected chi connectivity index (χ0v) is 23.3. The molecule has 0 bridgehead atoms. The summed E-state index contributed by atoms with van der Waals surface area (Å²) in [5.74, 6) is -0.571. The van der Waals surface area contributed by atoms with Gasteiger partial charge in [0.15, 0.2) is 5.11 Å². The number of hydrogen-bond donors (Lipinski definition) is 0. The summed E-state index contributed by atoms with van der Waals surface area (Å²) < 4.78 is 6.26. The third kappa shape index (κ3) is 5.23. The van der Waals surface area contributed by atoms with Crippen molar-refractivity contribution < 1.29 is 14.3 Å². The highest BCUT2D eigenvalue weighted by Crippen LogP contribution is 2.33. The van der Waals surface area contributed by atoms with E-state index in [1.165, 1.54) is 15.9 Å². The second-order valence-electron chi connectivity index (χ2n) is 9.40. The van der Waals surface area contributed by atoms with Gasteiger partial charge in [-0.3, -0.25) is 19.4 Å². The van der Waals surface area contributed by atoms with Gasteiger partial charge in [0.05, 0.1) is 11.4 Å². The Hall–Kier alpha value is -4.78. The molecular formula is C34H23ClN2O3S. The summed E-state index contributed by atoms with van der Waals surface area (Å²) in [6, 6.07) is 37.4. The molecule has 1 aliphatic heterocycles. The fourth-order valence-corrected chi connectivity index (χ4v) is 5.39. The van der Waals surface area contributed by atoms with E-state index in [2.05, 4.69) is 18.2 Å². The van der Waals surface area contributed by atoms with Crippen LogP contribution >= 0.6 is 23.8 Å². The predicted octanol–water partition coefficient (Wildman–Crippen LogP) is 7.82. The molecule has 1 aliphatic rings. The highest BCUT2D eigenvalue weighted by Gasteiger charge is 2.41. The molecule has 0 radical (unpaired) electrons. The van der Waals surface area contributed by atoms with Gasteiger partial charge in [-0.2, -0.15) is 0 Å². The van der Waals surface area contributed by atoms with Crippen molar-refractivity contribution in [3.8, 4) is 5.75 Å². The number of thiocarbonyl (C=S) groups is 1. The molecule has 1 fully saturated rings. The molecule has 6 rings (SSSR count). The van der Waals surface area contributed by atoms with Gasteiger partial charge >= 0.3 is 0 Å². The van der Waals surface area contributed by atoms with E-state index in [1.807, 2.05) is 60.7 Å². The first kappa shape index (κ1) is 26.4. The molecule has 0 N–H and O–H groups in total. The number of halogens is 1. The third-order valence-electron chi connectivity index (χ3n) is 6.81. The Morgan fingerprint density at radius 2 is 1.29 bits per heavy atom. The van der Waals surface area contributed by atoms with Crippen molar-refractivity contribution in [1.82, 2.24) is 0 Å². The van der Waals surface area contributed by atoms with E-state index < -0.39 is 11.8 Å². The number of anilines is 2. The molecule has 1 saturated heterocycles. The topological polar surface area (TPSA) is 49.9 Å². The number of para-hydroxylation sites is 2. The Morgan fingerprint density at radius 3 is 1.95 bits per heavy atom. The summed E-state index contributed by atoms with van der Waals surface area (Å²) >= 11 is 12.1. The van der Waals surface area contributed by atoms with Crippen molar-refractivity contribution in [2.45, 2.75) is 6.61 Å². The number of nitrogens with zero attached hydrogens (tertiary/aromatic N) is 2. The molecule has 5 nitrogen and oxygen atoms in total. The molecule has 0 aromatic heterocycles. The second kappa shape index (κ2) is 11.4. The van der Waals surface area contributed by atoms with Crippen LogP contribution in [-0.2, 0) is 16.2 Å². The van der Waals surface area contributed by atoms with Gasteiger partial charge in [-0.15, -0.1) is 0 Å². The summed E-state index contributed by atoms with van der Waals surface area (Å²) in [4.78, 5) is 30.5. The molecule has 0 saturated carbocycles. The number of carbonyl (C=O) groups excluding carboxylic acids is 2. The zero-order valence-electron chi connectivity index (χ0n) is 21.7. The summed E-state index contributed by atoms with van der Waals surface area (Å²) in [5.41, 5.74) is 2.56. The van der Waals surface area contributed by atoms with Gasteiger partial charge in [-0.1, -0.05) is 90.5 Å². The third-order valence-corrected chi connectivity index (χ3v) is 7.41. The van der Waals surface area contributed by atoms with Crippen molar-refractivity contribution in [3.05, 3.63) is 143 Å². The van der Waals surface area contributed by atoms with Crippen LogP contribution in [0.25, 0.3) is 16.8 Å². The minimum atomic E-state index is -0.529. The number of benzene rings is 5. The van der Waals surface area contributed by atoms with Crippen LogP contribution in [0.4, 0.5) is 11.4 Å². The van der Waals surface area contributed by atoms with Crippen LogP contribution in [0.1, 0.15) is 11.1 Å². The van der Waals surface area contributed by atoms with E-state index in [1.54, 1.807) is 42.5 Å². The van der Waals surface area contributed by atoms with Gasteiger partial charge in [0.25, 0.3) is 11.8 Å². The molecular weight excluding hydrogens is 552 g/mol. The Morgan fingerprint density at radius 1 is 0.707 bits per heavy atom. The first-order chi connectivity index (χ1) is 20.0. The van der Waals surface area contributed by atoms with E-state index in [9.17, 15) is 9.59 Å². The Balaban J connectivity index is 1.41. The normalized spacial score (nSPS) is 13.6. The molecule has 0 aliphatic carbocycles. The Kier molecular flexibility index (Phi) is 7.33. The number of ether oxygens (including phenoxy) is 1. The van der Waals surface area contributed by atoms with E-state index in [-0.39, 0.29) is 17.3 Å². The molecule has 41 heavy (non-hydrogen) atoms. The molecule has 5 aromatic rings. The van der Waals surface area contributed by atoms with Crippen molar-refractivity contribution in [3.63, 3.8) is 0 Å². The molecule has 0 spiro atoms. The first-order valence-electron chi connectivity index (χ1n) is 12.9. The van der Waals surface area contributed by atoms with Crippen LogP contribution in [0.15, 0.2) is 127 Å². The number of carbonyl (C=O) groups is 2. The first-order valence-corrected chi connectivity index (χ1v) is 13.7. The van der Waals surface area contributed by atoms with Gasteiger partial charge in [-0.25, -0.2) is 0 Å². The van der Waals surface area contributed by atoms with Gasteiger partial charge in [-0.05, 0) is 77.1 Å². The van der Waals surface area contributed by atoms with Crippen LogP contribution in [0.5, 0.6) is 5.75 Å². The summed E-state index contributed by atoms with van der Waals surface area (Å²) in [6.07, 6.45) is 1.53. The number of amides is 2. The van der Waals surface area contributed by atoms with Crippen molar-refractivity contribution in [1.29, 1.82) is 0 Å². The standard InChI is InChI=1S/C34H23ClN2O3S/c35-26-18-19-31(40-22-24-12-9-11-23-10-7-8-17-29(23)24)25(20-26)21-30-32(38)36(27-13-3-1-4-14-27)34(41)37(33(30)39)28-15-5-2-6-16-28/h1-21H,22H2. The average Bonchev–Trinajstić information content (AvgIpc) is 3.00. The lowest BCUT2D eigenvalue weighted by molar-refractivity contribution is -0.120. The van der Waals surface area contributed by atoms with Gasteiger partial charge < -0.3 is 4.74 Å². The minimum absolute atomic E-state index is 0.0661. The van der Waals surface area contributed by atoms with E-state index >= 15 is 0 Å². The van der Waals surface area contributed by atoms with E-state index in [0.717, 1.165) is 16.3 Å². The maximum Gasteiger partial charge on any atom is 0.270 e. The van der Waals surface area contributed by atoms with Gasteiger partial charge in [0.1, 0.15) is 17.9 Å². The van der Waals surface area contributed by atoms with Gasteiger partial charge in [0, 0.05) is 10.6 Å². The van der Waals surface area contributed by atoms with Crippen molar-refractivity contribution >= 4 is 69.0 Å². The fraction of sp³-hybridized carbons (Fsp3) is 0.0294. The number of fused-ring (bicyclic) bond motifs is 1. The average molecular weight is 575 g/mol. The monoisotopic (exact) mass is 574 g/mol. The zero-order chi connectivity index (χ0) is 28.3. The maximum absolute atomic E-state index is 13.9. The Bertz CT molecular complexity index is 1750. The van der Waals surface area contributed by atoms with Crippen molar-refractivity contribution in [2.75, 3.05) is 9.80 Å². The smallest absolute Gasteiger partial charge is 0.270 e. The molecule has 7 heteroatoms. The highest BCUT2D eigenvalue weighted by molar-refractivity contribution is 7.81. The molecule has 200 valence electrons. The maximum atomic E-state index is 13.9. The molecule has 5 aromatic carbocycles. The summed E-state index contributed by atoms with van der Waals surface area (Å²) in [6.45, 7) is 0.289. The van der Waals surface area contributed by atoms with Crippen LogP contribution in [0.2, 0.25) is 5.02 Å². The minimum Gasteiger partial charge on any atom is -0.488 e. The fourth-order valence-electron chi connectivity index (χ4n) is 4.83. The summed E-state index contributed by atoms with van der Waals surface area (Å²) in [5, 5.41) is 2.73. The largest absolute Gasteiger partial charge is 0.488 e. The molecule has 0 atom stereocenters. The lowest BCUT2D eigenvalue weighted by Crippen LogP contribution is -2.56. The van der Waals surface area contributed by atoms with Crippen LogP contribution in [0, 0.1) is 0 Å². The van der Waals surface area contributed by atoms with Crippen LogP contribution < -0.4 is 14.5 Å². The van der Waals surface area contributed by atoms with E-state index in [4.69, 9.17) is 28.6 Å². The van der Waals surface area contributed by atoms with E-state index in [0.29, 0.717) is 27.7 Å². The number of hydrogen-bond acceptors (Lipinski definition) is 4. The SMILES string of the molecule is O=C1C(=Cc2cc(Cl)ccc2OCc2cccc3ccccc23)C(=O)N(c2ccccc2)C(=S)N1c1ccccc1. The highest BCUT2D eigenvalue weighted by atomic mass is 35.5. The molecule has 1 heterocycles. The lowest BCUT2D eigenvalue weighted by atomic mass is 10.0. The Labute approximate surface area is 247 Å². The quantitative estimate of drug-likeness (QED) is 0.118. The predicted molar refractivity (Wildman–Crippen MR) is 168 cm³/mol. The summed E-state index contributed by atoms with van der Waals surface area (Å²) in [7, 11) is 0. The van der Waals surface area contributed by atoms with Crippen LogP contribution in [-0.4, -0.2) is 16.9 Å². The van der Waals surface area contributed by atoms with Gasteiger partial charge in [0.2, 0.25) is 0 Å².